The summed E-state index contributed by atoms with van der Waals surface area (Å²) in [6.07, 6.45) is 4.26. The molecule has 4 aromatic rings. The summed E-state index contributed by atoms with van der Waals surface area (Å²) in [4.78, 5) is 32.3. The highest BCUT2D eigenvalue weighted by Gasteiger charge is 2.35. The molecule has 0 bridgehead atoms. The molecule has 0 unspecified atom stereocenters. The van der Waals surface area contributed by atoms with Crippen LogP contribution >= 0.6 is 0 Å². The lowest BCUT2D eigenvalue weighted by atomic mass is 9.90. The molecule has 8 heteroatoms. The molecule has 1 aliphatic rings. The first-order valence-corrected chi connectivity index (χ1v) is 12.4. The number of carbonyl (C=O) groups excluding carboxylic acids is 1. The fourth-order valence-electron chi connectivity index (χ4n) is 4.87. The number of hydrogen-bond acceptors (Lipinski definition) is 5. The Bertz CT molecular complexity index is 1420. The van der Waals surface area contributed by atoms with E-state index in [1.54, 1.807) is 4.68 Å². The normalized spacial score (nSPS) is 16.2. The molecule has 0 aliphatic carbocycles. The fraction of sp³-hybridized carbons (Fsp3) is 0.357. The van der Waals surface area contributed by atoms with Crippen LogP contribution < -0.4 is 5.56 Å². The average Bonchev–Trinajstić information content (AvgIpc) is 3.32. The number of amides is 1. The van der Waals surface area contributed by atoms with Gasteiger partial charge in [0.25, 0.3) is 5.56 Å². The number of hydrogen-bond donors (Lipinski definition) is 1. The number of likely N-dealkylation sites (tertiary alicyclic amines) is 1. The quantitative estimate of drug-likeness (QED) is 0.452. The van der Waals surface area contributed by atoms with Crippen LogP contribution in [-0.4, -0.2) is 53.9 Å². The second kappa shape index (κ2) is 9.70. The maximum atomic E-state index is 13.2. The van der Waals surface area contributed by atoms with Gasteiger partial charge in [0.2, 0.25) is 5.91 Å². The highest BCUT2D eigenvalue weighted by molar-refractivity contribution is 5.77. The third-order valence-corrected chi connectivity index (χ3v) is 7.19. The number of piperidine rings is 1. The summed E-state index contributed by atoms with van der Waals surface area (Å²) in [5.74, 6) is 0.230. The number of aromatic nitrogens is 4. The number of carbonyl (C=O) groups is 1. The van der Waals surface area contributed by atoms with Crippen molar-refractivity contribution >= 4 is 16.9 Å². The van der Waals surface area contributed by atoms with Gasteiger partial charge in [-0.2, -0.15) is 5.10 Å². The zero-order valence-electron chi connectivity index (χ0n) is 20.7. The highest BCUT2D eigenvalue weighted by Crippen LogP contribution is 2.26. The van der Waals surface area contributed by atoms with Gasteiger partial charge in [-0.1, -0.05) is 55.0 Å². The third-order valence-electron chi connectivity index (χ3n) is 7.19. The van der Waals surface area contributed by atoms with E-state index < -0.39 is 5.60 Å². The number of fused-ring (bicyclic) bond motifs is 1. The van der Waals surface area contributed by atoms with E-state index in [1.165, 1.54) is 17.1 Å². The van der Waals surface area contributed by atoms with Gasteiger partial charge in [-0.15, -0.1) is 0 Å². The van der Waals surface area contributed by atoms with Crippen LogP contribution in [0.4, 0.5) is 0 Å². The van der Waals surface area contributed by atoms with Crippen molar-refractivity contribution in [2.24, 2.45) is 0 Å². The molecule has 0 saturated carbocycles. The van der Waals surface area contributed by atoms with Crippen LogP contribution in [0.1, 0.15) is 43.2 Å². The molecule has 1 aliphatic heterocycles. The number of nitrogens with zero attached hydrogens (tertiary/aromatic N) is 5. The van der Waals surface area contributed by atoms with E-state index in [0.29, 0.717) is 43.4 Å². The van der Waals surface area contributed by atoms with E-state index in [0.717, 1.165) is 16.8 Å². The molecule has 2 aromatic heterocycles. The molecule has 0 spiro atoms. The molecule has 1 fully saturated rings. The lowest BCUT2D eigenvalue weighted by Crippen LogP contribution is -2.49. The standard InChI is InChI=1S/C28H31N5O3/c1-20-8-10-23(11-9-20)33-26-24(17-30-33)27(35)32(19-29-26)18-28(36)12-14-31(15-13-28)25(34)16-21(2)22-6-4-3-5-7-22/h3-11,17,19,21,36H,12-16,18H2,1-2H3/t21-/m1/s1. The molecular weight excluding hydrogens is 454 g/mol. The molecule has 1 atom stereocenters. The Morgan fingerprint density at radius 2 is 1.78 bits per heavy atom. The largest absolute Gasteiger partial charge is 0.388 e. The minimum Gasteiger partial charge on any atom is -0.388 e. The van der Waals surface area contributed by atoms with Crippen molar-refractivity contribution in [1.82, 2.24) is 24.2 Å². The van der Waals surface area contributed by atoms with Gasteiger partial charge in [-0.3, -0.25) is 14.2 Å². The summed E-state index contributed by atoms with van der Waals surface area (Å²) in [5, 5.41) is 16.0. The van der Waals surface area contributed by atoms with Gasteiger partial charge < -0.3 is 10.0 Å². The Hall–Kier alpha value is -3.78. The minimum absolute atomic E-state index is 0.0946. The van der Waals surface area contributed by atoms with E-state index in [-0.39, 0.29) is 23.9 Å². The summed E-state index contributed by atoms with van der Waals surface area (Å²) in [7, 11) is 0. The SMILES string of the molecule is Cc1ccc(-n2ncc3c(=O)n(CC4(O)CCN(C(=O)C[C@@H](C)c5ccccc5)CC4)cnc32)cc1. The first-order chi connectivity index (χ1) is 17.3. The van der Waals surface area contributed by atoms with Crippen molar-refractivity contribution in [3.8, 4) is 5.69 Å². The summed E-state index contributed by atoms with van der Waals surface area (Å²) in [5.41, 5.74) is 2.29. The van der Waals surface area contributed by atoms with Gasteiger partial charge in [0.1, 0.15) is 11.7 Å². The van der Waals surface area contributed by atoms with Crippen LogP contribution in [0.3, 0.4) is 0 Å². The molecule has 1 saturated heterocycles. The van der Waals surface area contributed by atoms with Gasteiger partial charge >= 0.3 is 0 Å². The molecule has 0 radical (unpaired) electrons. The van der Waals surface area contributed by atoms with Crippen LogP contribution in [0.5, 0.6) is 0 Å². The van der Waals surface area contributed by atoms with Gasteiger partial charge in [0.15, 0.2) is 5.65 Å². The Morgan fingerprint density at radius 1 is 1.08 bits per heavy atom. The number of rotatable bonds is 6. The first kappa shape index (κ1) is 23.9. The monoisotopic (exact) mass is 485 g/mol. The molecule has 1 N–H and O–H groups in total. The smallest absolute Gasteiger partial charge is 0.264 e. The second-order valence-corrected chi connectivity index (χ2v) is 9.93. The van der Waals surface area contributed by atoms with Crippen LogP contribution in [0.15, 0.2) is 71.9 Å². The summed E-state index contributed by atoms with van der Waals surface area (Å²) in [6, 6.07) is 17.9. The predicted octanol–water partition coefficient (Wildman–Crippen LogP) is 3.44. The van der Waals surface area contributed by atoms with Crippen LogP contribution in [0, 0.1) is 6.92 Å². The molecule has 1 amide bonds. The fourth-order valence-corrected chi connectivity index (χ4v) is 4.87. The lowest BCUT2D eigenvalue weighted by Gasteiger charge is -2.38. The maximum Gasteiger partial charge on any atom is 0.264 e. The molecule has 3 heterocycles. The Morgan fingerprint density at radius 3 is 2.47 bits per heavy atom. The zero-order chi connectivity index (χ0) is 25.3. The number of aryl methyl sites for hydroxylation is 1. The second-order valence-electron chi connectivity index (χ2n) is 9.93. The van der Waals surface area contributed by atoms with Crippen molar-refractivity contribution in [1.29, 1.82) is 0 Å². The molecule has 5 rings (SSSR count). The zero-order valence-corrected chi connectivity index (χ0v) is 20.7. The summed E-state index contributed by atoms with van der Waals surface area (Å²) in [6.45, 7) is 5.13. The van der Waals surface area contributed by atoms with Crippen LogP contribution in [0.25, 0.3) is 16.7 Å². The van der Waals surface area contributed by atoms with Gasteiger partial charge in [-0.25, -0.2) is 9.67 Å². The number of benzene rings is 2. The highest BCUT2D eigenvalue weighted by atomic mass is 16.3. The van der Waals surface area contributed by atoms with Crippen molar-refractivity contribution in [2.45, 2.75) is 51.2 Å². The van der Waals surface area contributed by atoms with E-state index in [4.69, 9.17) is 0 Å². The first-order valence-electron chi connectivity index (χ1n) is 12.4. The Labute approximate surface area is 209 Å². The van der Waals surface area contributed by atoms with Crippen LogP contribution in [-0.2, 0) is 11.3 Å². The third kappa shape index (κ3) is 4.81. The molecule has 2 aromatic carbocycles. The maximum absolute atomic E-state index is 13.2. The Balaban J connectivity index is 1.25. The van der Waals surface area contributed by atoms with E-state index >= 15 is 0 Å². The molecular formula is C28H31N5O3. The lowest BCUT2D eigenvalue weighted by molar-refractivity contribution is -0.136. The topological polar surface area (TPSA) is 93.2 Å². The predicted molar refractivity (Wildman–Crippen MR) is 138 cm³/mol. The average molecular weight is 486 g/mol. The molecule has 36 heavy (non-hydrogen) atoms. The van der Waals surface area contributed by atoms with Gasteiger partial charge in [0, 0.05) is 19.5 Å². The summed E-state index contributed by atoms with van der Waals surface area (Å²) >= 11 is 0. The summed E-state index contributed by atoms with van der Waals surface area (Å²) < 4.78 is 3.11. The van der Waals surface area contributed by atoms with Crippen molar-refractivity contribution in [3.63, 3.8) is 0 Å². The van der Waals surface area contributed by atoms with E-state index in [2.05, 4.69) is 17.0 Å². The molecule has 8 nitrogen and oxygen atoms in total. The number of aliphatic hydroxyl groups is 1. The van der Waals surface area contributed by atoms with Gasteiger partial charge in [0.05, 0.1) is 24.0 Å². The van der Waals surface area contributed by atoms with E-state index in [9.17, 15) is 14.7 Å². The minimum atomic E-state index is -1.08. The van der Waals surface area contributed by atoms with Crippen molar-refractivity contribution < 1.29 is 9.90 Å². The molecule has 186 valence electrons. The van der Waals surface area contributed by atoms with Gasteiger partial charge in [-0.05, 0) is 43.4 Å². The van der Waals surface area contributed by atoms with Crippen molar-refractivity contribution in [2.75, 3.05) is 13.1 Å². The van der Waals surface area contributed by atoms with Crippen molar-refractivity contribution in [3.05, 3.63) is 88.6 Å². The Kier molecular flexibility index (Phi) is 6.45. The van der Waals surface area contributed by atoms with Crippen LogP contribution in [0.2, 0.25) is 0 Å². The van der Waals surface area contributed by atoms with E-state index in [1.807, 2.05) is 66.4 Å².